The number of amides is 1. The molecule has 3 nitrogen and oxygen atoms in total. The molecule has 1 unspecified atom stereocenters. The summed E-state index contributed by atoms with van der Waals surface area (Å²) in [5, 5.41) is 0.131. The number of hydrogen-bond donors (Lipinski definition) is 0. The van der Waals surface area contributed by atoms with E-state index in [0.717, 1.165) is 18.7 Å². The fraction of sp³-hybridized carbons (Fsp3) is 0.368. The van der Waals surface area contributed by atoms with Crippen molar-refractivity contribution in [2.24, 2.45) is 0 Å². The molecule has 1 aromatic heterocycles. The third-order valence-electron chi connectivity index (χ3n) is 4.29. The standard InChI is InChI=1S/C19H22N2OS/c1-13-10-14(2)18(15(3)11-13)19-21(17(22)12-23-19)9-7-16-6-4-5-8-20-16/h4-6,8,10-11,19H,7,9,12H2,1-3H3. The number of carbonyl (C=O) groups excluding carboxylic acids is 1. The van der Waals surface area contributed by atoms with Gasteiger partial charge in [-0.3, -0.25) is 9.78 Å². The minimum atomic E-state index is 0.131. The molecule has 1 saturated heterocycles. The van der Waals surface area contributed by atoms with Crippen LogP contribution in [-0.2, 0) is 11.2 Å². The van der Waals surface area contributed by atoms with Crippen molar-refractivity contribution in [2.45, 2.75) is 32.6 Å². The Balaban J connectivity index is 1.83. The predicted octanol–water partition coefficient (Wildman–Crippen LogP) is 3.82. The second-order valence-electron chi connectivity index (χ2n) is 6.13. The van der Waals surface area contributed by atoms with Gasteiger partial charge < -0.3 is 4.90 Å². The Morgan fingerprint density at radius 2 is 1.96 bits per heavy atom. The molecule has 1 aliphatic heterocycles. The van der Waals surface area contributed by atoms with Crippen molar-refractivity contribution < 1.29 is 4.79 Å². The second kappa shape index (κ2) is 6.75. The molecule has 1 aliphatic rings. The lowest BCUT2D eigenvalue weighted by molar-refractivity contribution is -0.128. The summed E-state index contributed by atoms with van der Waals surface area (Å²) in [6.45, 7) is 7.14. The van der Waals surface area contributed by atoms with E-state index in [1.807, 2.05) is 29.3 Å². The molecule has 1 amide bonds. The van der Waals surface area contributed by atoms with E-state index in [2.05, 4.69) is 37.9 Å². The number of thioether (sulfide) groups is 1. The highest BCUT2D eigenvalue weighted by atomic mass is 32.2. The van der Waals surface area contributed by atoms with Crippen LogP contribution in [0.25, 0.3) is 0 Å². The van der Waals surface area contributed by atoms with Crippen molar-refractivity contribution in [2.75, 3.05) is 12.3 Å². The van der Waals surface area contributed by atoms with E-state index in [4.69, 9.17) is 0 Å². The SMILES string of the molecule is Cc1cc(C)c(C2SCC(=O)N2CCc2ccccn2)c(C)c1. The Morgan fingerprint density at radius 1 is 1.22 bits per heavy atom. The highest BCUT2D eigenvalue weighted by Crippen LogP contribution is 2.41. The minimum absolute atomic E-state index is 0.131. The average Bonchev–Trinajstić information content (AvgIpc) is 2.86. The highest BCUT2D eigenvalue weighted by molar-refractivity contribution is 8.00. The lowest BCUT2D eigenvalue weighted by atomic mass is 9.99. The first kappa shape index (κ1) is 16.1. The minimum Gasteiger partial charge on any atom is -0.325 e. The van der Waals surface area contributed by atoms with Crippen molar-refractivity contribution >= 4 is 17.7 Å². The zero-order valence-corrected chi connectivity index (χ0v) is 14.7. The van der Waals surface area contributed by atoms with Crippen LogP contribution in [-0.4, -0.2) is 28.1 Å². The van der Waals surface area contributed by atoms with Gasteiger partial charge in [0.2, 0.25) is 5.91 Å². The molecule has 4 heteroatoms. The molecule has 120 valence electrons. The van der Waals surface area contributed by atoms with Gasteiger partial charge in [-0.2, -0.15) is 0 Å². The molecule has 0 saturated carbocycles. The van der Waals surface area contributed by atoms with Crippen LogP contribution in [0, 0.1) is 20.8 Å². The Labute approximate surface area is 142 Å². The van der Waals surface area contributed by atoms with Gasteiger partial charge >= 0.3 is 0 Å². The molecule has 0 aliphatic carbocycles. The Bertz CT molecular complexity index is 692. The first-order valence-electron chi connectivity index (χ1n) is 7.95. The fourth-order valence-electron chi connectivity index (χ4n) is 3.30. The van der Waals surface area contributed by atoms with Crippen LogP contribution in [0.2, 0.25) is 0 Å². The van der Waals surface area contributed by atoms with Gasteiger partial charge in [0, 0.05) is 24.9 Å². The summed E-state index contributed by atoms with van der Waals surface area (Å²) in [5.74, 6) is 0.801. The summed E-state index contributed by atoms with van der Waals surface area (Å²) < 4.78 is 0. The summed E-state index contributed by atoms with van der Waals surface area (Å²) >= 11 is 1.74. The van der Waals surface area contributed by atoms with Crippen LogP contribution in [0.15, 0.2) is 36.5 Å². The molecule has 1 fully saturated rings. The maximum Gasteiger partial charge on any atom is 0.233 e. The maximum absolute atomic E-state index is 12.4. The number of carbonyl (C=O) groups is 1. The van der Waals surface area contributed by atoms with Crippen molar-refractivity contribution in [3.05, 3.63) is 64.5 Å². The number of benzene rings is 1. The summed E-state index contributed by atoms with van der Waals surface area (Å²) in [5.41, 5.74) is 6.16. The lowest BCUT2D eigenvalue weighted by Crippen LogP contribution is -2.31. The molecule has 1 atom stereocenters. The monoisotopic (exact) mass is 326 g/mol. The van der Waals surface area contributed by atoms with Gasteiger partial charge in [0.15, 0.2) is 0 Å². The van der Waals surface area contributed by atoms with Gasteiger partial charge in [0.05, 0.1) is 5.75 Å². The zero-order chi connectivity index (χ0) is 16.4. The van der Waals surface area contributed by atoms with E-state index in [0.29, 0.717) is 5.75 Å². The third-order valence-corrected chi connectivity index (χ3v) is 5.51. The molecule has 23 heavy (non-hydrogen) atoms. The van der Waals surface area contributed by atoms with Crippen molar-refractivity contribution in [3.8, 4) is 0 Å². The third kappa shape index (κ3) is 3.42. The summed E-state index contributed by atoms with van der Waals surface area (Å²) in [6, 6.07) is 10.4. The van der Waals surface area contributed by atoms with E-state index >= 15 is 0 Å². The first-order chi connectivity index (χ1) is 11.1. The number of rotatable bonds is 4. The molecule has 0 bridgehead atoms. The smallest absolute Gasteiger partial charge is 0.233 e. The van der Waals surface area contributed by atoms with Gasteiger partial charge in [-0.25, -0.2) is 0 Å². The highest BCUT2D eigenvalue weighted by Gasteiger charge is 2.34. The number of nitrogens with zero attached hydrogens (tertiary/aromatic N) is 2. The fourth-order valence-corrected chi connectivity index (χ4v) is 4.70. The molecular formula is C19H22N2OS. The number of pyridine rings is 1. The van der Waals surface area contributed by atoms with Crippen LogP contribution < -0.4 is 0 Å². The molecule has 1 aromatic carbocycles. The number of aromatic nitrogens is 1. The van der Waals surface area contributed by atoms with E-state index in [9.17, 15) is 4.79 Å². The molecule has 3 rings (SSSR count). The van der Waals surface area contributed by atoms with Gasteiger partial charge in [-0.05, 0) is 49.6 Å². The molecule has 0 radical (unpaired) electrons. The van der Waals surface area contributed by atoms with Crippen LogP contribution in [0.5, 0.6) is 0 Å². The Hall–Kier alpha value is -1.81. The molecule has 0 spiro atoms. The van der Waals surface area contributed by atoms with Gasteiger partial charge in [-0.15, -0.1) is 11.8 Å². The molecule has 2 aromatic rings. The van der Waals surface area contributed by atoms with E-state index in [1.54, 1.807) is 11.8 Å². The summed E-state index contributed by atoms with van der Waals surface area (Å²) in [7, 11) is 0. The number of aryl methyl sites for hydroxylation is 3. The van der Waals surface area contributed by atoms with Crippen molar-refractivity contribution in [1.82, 2.24) is 9.88 Å². The lowest BCUT2D eigenvalue weighted by Gasteiger charge is -2.27. The largest absolute Gasteiger partial charge is 0.325 e. The molecule has 2 heterocycles. The summed E-state index contributed by atoms with van der Waals surface area (Å²) in [6.07, 6.45) is 2.61. The van der Waals surface area contributed by atoms with Crippen LogP contribution in [0.1, 0.15) is 33.3 Å². The average molecular weight is 326 g/mol. The van der Waals surface area contributed by atoms with Gasteiger partial charge in [0.1, 0.15) is 5.37 Å². The van der Waals surface area contributed by atoms with E-state index in [-0.39, 0.29) is 11.3 Å². The van der Waals surface area contributed by atoms with E-state index in [1.165, 1.54) is 22.3 Å². The van der Waals surface area contributed by atoms with Crippen LogP contribution >= 0.6 is 11.8 Å². The van der Waals surface area contributed by atoms with Crippen LogP contribution in [0.3, 0.4) is 0 Å². The second-order valence-corrected chi connectivity index (χ2v) is 7.20. The zero-order valence-electron chi connectivity index (χ0n) is 13.9. The van der Waals surface area contributed by atoms with Crippen molar-refractivity contribution in [3.63, 3.8) is 0 Å². The van der Waals surface area contributed by atoms with Crippen molar-refractivity contribution in [1.29, 1.82) is 0 Å². The van der Waals surface area contributed by atoms with Crippen LogP contribution in [0.4, 0.5) is 0 Å². The first-order valence-corrected chi connectivity index (χ1v) is 9.00. The van der Waals surface area contributed by atoms with Gasteiger partial charge in [-0.1, -0.05) is 23.8 Å². The summed E-state index contributed by atoms with van der Waals surface area (Å²) in [4.78, 5) is 18.7. The Morgan fingerprint density at radius 3 is 2.61 bits per heavy atom. The Kier molecular flexibility index (Phi) is 4.71. The number of hydrogen-bond acceptors (Lipinski definition) is 3. The quantitative estimate of drug-likeness (QED) is 0.856. The molecule has 0 N–H and O–H groups in total. The van der Waals surface area contributed by atoms with Gasteiger partial charge in [0.25, 0.3) is 0 Å². The molecular weight excluding hydrogens is 304 g/mol. The topological polar surface area (TPSA) is 33.2 Å². The normalized spacial score (nSPS) is 17.8. The predicted molar refractivity (Wildman–Crippen MR) is 95.5 cm³/mol. The van der Waals surface area contributed by atoms with E-state index < -0.39 is 0 Å². The maximum atomic E-state index is 12.4.